The first-order chi connectivity index (χ1) is 11.2. The number of hydrogen-bond acceptors (Lipinski definition) is 4. The van der Waals surface area contributed by atoms with E-state index in [4.69, 9.17) is 0 Å². The van der Waals surface area contributed by atoms with Crippen LogP contribution in [0.1, 0.15) is 24.1 Å². The van der Waals surface area contributed by atoms with E-state index in [-0.39, 0.29) is 11.7 Å². The molecular weight excluding hydrogens is 315 g/mol. The van der Waals surface area contributed by atoms with E-state index < -0.39 is 5.41 Å². The first kappa shape index (κ1) is 14.3. The van der Waals surface area contributed by atoms with Crippen molar-refractivity contribution in [3.63, 3.8) is 0 Å². The van der Waals surface area contributed by atoms with Gasteiger partial charge in [-0.05, 0) is 18.9 Å². The smallest absolute Gasteiger partial charge is 0.230 e. The minimum atomic E-state index is -0.678. The van der Waals surface area contributed by atoms with E-state index in [9.17, 15) is 9.18 Å². The van der Waals surface area contributed by atoms with Crippen LogP contribution in [0, 0.1) is 5.82 Å². The highest BCUT2D eigenvalue weighted by Gasteiger charge is 2.52. The molecule has 0 saturated heterocycles. The Morgan fingerprint density at radius 3 is 3.00 bits per heavy atom. The second-order valence-corrected chi connectivity index (χ2v) is 6.59. The number of thiazole rings is 1. The molecule has 1 amide bonds. The van der Waals surface area contributed by atoms with Crippen LogP contribution in [-0.2, 0) is 16.6 Å². The first-order valence-electron chi connectivity index (χ1n) is 7.50. The SMILES string of the molecule is O=C(NCCc1csc2ncnn12)C1(c2ccccc2F)CC1. The van der Waals surface area contributed by atoms with Crippen LogP contribution in [0.3, 0.4) is 0 Å². The van der Waals surface area contributed by atoms with E-state index in [0.29, 0.717) is 31.4 Å². The summed E-state index contributed by atoms with van der Waals surface area (Å²) >= 11 is 1.52. The van der Waals surface area contributed by atoms with Crippen LogP contribution in [0.2, 0.25) is 0 Å². The Balaban J connectivity index is 1.43. The molecule has 1 aliphatic rings. The first-order valence-corrected chi connectivity index (χ1v) is 8.38. The molecule has 3 aromatic rings. The highest BCUT2D eigenvalue weighted by atomic mass is 32.1. The maximum Gasteiger partial charge on any atom is 0.230 e. The zero-order chi connectivity index (χ0) is 15.9. The third-order valence-electron chi connectivity index (χ3n) is 4.33. The van der Waals surface area contributed by atoms with Crippen LogP contribution in [0.15, 0.2) is 36.0 Å². The summed E-state index contributed by atoms with van der Waals surface area (Å²) in [6.07, 6.45) is 3.59. The Morgan fingerprint density at radius 1 is 1.39 bits per heavy atom. The van der Waals surface area contributed by atoms with Crippen molar-refractivity contribution in [1.82, 2.24) is 19.9 Å². The summed E-state index contributed by atoms with van der Waals surface area (Å²) in [6, 6.07) is 6.54. The largest absolute Gasteiger partial charge is 0.355 e. The molecule has 1 fully saturated rings. The number of aromatic nitrogens is 3. The molecule has 1 N–H and O–H groups in total. The van der Waals surface area contributed by atoms with Gasteiger partial charge in [-0.15, -0.1) is 11.3 Å². The second-order valence-electron chi connectivity index (χ2n) is 5.75. The van der Waals surface area contributed by atoms with Crippen molar-refractivity contribution in [2.75, 3.05) is 6.54 Å². The Hall–Kier alpha value is -2.28. The molecule has 0 unspecified atom stereocenters. The number of fused-ring (bicyclic) bond motifs is 1. The summed E-state index contributed by atoms with van der Waals surface area (Å²) < 4.78 is 15.8. The van der Waals surface area contributed by atoms with Crippen molar-refractivity contribution in [1.29, 1.82) is 0 Å². The van der Waals surface area contributed by atoms with E-state index >= 15 is 0 Å². The topological polar surface area (TPSA) is 59.3 Å². The number of amides is 1. The lowest BCUT2D eigenvalue weighted by atomic mass is 9.94. The van der Waals surface area contributed by atoms with E-state index in [0.717, 1.165) is 10.7 Å². The van der Waals surface area contributed by atoms with Gasteiger partial charge in [0.05, 0.1) is 11.1 Å². The number of rotatable bonds is 5. The van der Waals surface area contributed by atoms with Crippen LogP contribution in [-0.4, -0.2) is 27.0 Å². The van der Waals surface area contributed by atoms with Gasteiger partial charge in [-0.2, -0.15) is 5.10 Å². The lowest BCUT2D eigenvalue weighted by molar-refractivity contribution is -0.123. The number of carbonyl (C=O) groups excluding carboxylic acids is 1. The fourth-order valence-electron chi connectivity index (χ4n) is 2.91. The molecule has 0 bridgehead atoms. The van der Waals surface area contributed by atoms with E-state index in [2.05, 4.69) is 15.4 Å². The summed E-state index contributed by atoms with van der Waals surface area (Å²) in [5.74, 6) is -0.394. The van der Waals surface area contributed by atoms with Crippen molar-refractivity contribution in [3.05, 3.63) is 53.0 Å². The molecule has 1 aromatic carbocycles. The van der Waals surface area contributed by atoms with Crippen LogP contribution in [0.25, 0.3) is 4.96 Å². The number of nitrogens with one attached hydrogen (secondary N) is 1. The predicted molar refractivity (Wildman–Crippen MR) is 84.9 cm³/mol. The molecule has 0 spiro atoms. The van der Waals surface area contributed by atoms with Gasteiger partial charge in [0.2, 0.25) is 10.9 Å². The fraction of sp³-hybridized carbons (Fsp3) is 0.312. The summed E-state index contributed by atoms with van der Waals surface area (Å²) in [6.45, 7) is 0.501. The van der Waals surface area contributed by atoms with Gasteiger partial charge < -0.3 is 5.32 Å². The van der Waals surface area contributed by atoms with Crippen LogP contribution >= 0.6 is 11.3 Å². The van der Waals surface area contributed by atoms with Gasteiger partial charge in [-0.1, -0.05) is 18.2 Å². The maximum absolute atomic E-state index is 14.0. The van der Waals surface area contributed by atoms with Crippen molar-refractivity contribution in [3.8, 4) is 0 Å². The van der Waals surface area contributed by atoms with Crippen molar-refractivity contribution >= 4 is 22.2 Å². The van der Waals surface area contributed by atoms with E-state index in [1.54, 1.807) is 22.7 Å². The average Bonchev–Trinajstić information content (AvgIpc) is 3.06. The Labute approximate surface area is 136 Å². The number of benzene rings is 1. The lowest BCUT2D eigenvalue weighted by Gasteiger charge is -2.16. The molecule has 23 heavy (non-hydrogen) atoms. The molecule has 1 saturated carbocycles. The number of nitrogens with zero attached hydrogens (tertiary/aromatic N) is 3. The van der Waals surface area contributed by atoms with Crippen LogP contribution in [0.4, 0.5) is 4.39 Å². The third kappa shape index (κ3) is 2.41. The molecule has 2 aromatic heterocycles. The molecule has 2 heterocycles. The normalized spacial score (nSPS) is 15.7. The van der Waals surface area contributed by atoms with Crippen molar-refractivity contribution in [2.45, 2.75) is 24.7 Å². The van der Waals surface area contributed by atoms with Crippen molar-refractivity contribution < 1.29 is 9.18 Å². The monoisotopic (exact) mass is 330 g/mol. The lowest BCUT2D eigenvalue weighted by Crippen LogP contribution is -2.36. The van der Waals surface area contributed by atoms with Gasteiger partial charge in [0.15, 0.2) is 0 Å². The predicted octanol–water partition coefficient (Wildman–Crippen LogP) is 2.32. The molecule has 0 atom stereocenters. The minimum absolute atomic E-state index is 0.0901. The third-order valence-corrected chi connectivity index (χ3v) is 5.21. The van der Waals surface area contributed by atoms with Gasteiger partial charge in [-0.25, -0.2) is 13.9 Å². The summed E-state index contributed by atoms with van der Waals surface area (Å²) in [5, 5.41) is 9.09. The van der Waals surface area contributed by atoms with E-state index in [1.165, 1.54) is 23.7 Å². The molecule has 5 nitrogen and oxygen atoms in total. The highest BCUT2D eigenvalue weighted by Crippen LogP contribution is 2.49. The summed E-state index contributed by atoms with van der Waals surface area (Å²) in [4.78, 5) is 17.5. The van der Waals surface area contributed by atoms with Crippen LogP contribution in [0.5, 0.6) is 0 Å². The standard InChI is InChI=1S/C16H15FN4OS/c17-13-4-2-1-3-12(13)16(6-7-16)14(22)18-8-5-11-9-23-15-19-10-20-21(11)15/h1-4,9-10H,5-8H2,(H,18,22). The molecule has 7 heteroatoms. The van der Waals surface area contributed by atoms with E-state index in [1.807, 2.05) is 5.38 Å². The van der Waals surface area contributed by atoms with Gasteiger partial charge in [-0.3, -0.25) is 4.79 Å². The fourth-order valence-corrected chi connectivity index (χ4v) is 3.74. The Kier molecular flexibility index (Phi) is 3.37. The van der Waals surface area contributed by atoms with Gasteiger partial charge in [0.25, 0.3) is 0 Å². The number of carbonyl (C=O) groups is 1. The number of halogens is 1. The molecule has 0 aliphatic heterocycles. The minimum Gasteiger partial charge on any atom is -0.355 e. The maximum atomic E-state index is 14.0. The van der Waals surface area contributed by atoms with Gasteiger partial charge in [0, 0.05) is 23.9 Å². The molecule has 118 valence electrons. The summed E-state index contributed by atoms with van der Waals surface area (Å²) in [5.41, 5.74) is 0.841. The average molecular weight is 330 g/mol. The molecule has 0 radical (unpaired) electrons. The zero-order valence-corrected chi connectivity index (χ0v) is 13.1. The Morgan fingerprint density at radius 2 is 2.22 bits per heavy atom. The second kappa shape index (κ2) is 5.42. The van der Waals surface area contributed by atoms with Gasteiger partial charge >= 0.3 is 0 Å². The molecule has 1 aliphatic carbocycles. The van der Waals surface area contributed by atoms with Gasteiger partial charge in [0.1, 0.15) is 12.1 Å². The van der Waals surface area contributed by atoms with Crippen LogP contribution < -0.4 is 5.32 Å². The Bertz CT molecular complexity index is 868. The molecule has 4 rings (SSSR count). The molecular formula is C16H15FN4OS. The van der Waals surface area contributed by atoms with Crippen molar-refractivity contribution in [2.24, 2.45) is 0 Å². The number of hydrogen-bond donors (Lipinski definition) is 1. The highest BCUT2D eigenvalue weighted by molar-refractivity contribution is 7.15. The zero-order valence-electron chi connectivity index (χ0n) is 12.3. The summed E-state index contributed by atoms with van der Waals surface area (Å²) in [7, 11) is 0. The quantitative estimate of drug-likeness (QED) is 0.781.